The standard InChI is InChI=1S/C15H14BrN3O/c16-13-2-1-3-14(7-13)19-8-11-5-4-10(15(20)18-17)6-12(11)9-19/h1-7H,8-9,17H2,(H,18,20). The summed E-state index contributed by atoms with van der Waals surface area (Å²) in [7, 11) is 0. The van der Waals surface area contributed by atoms with E-state index in [2.05, 4.69) is 38.4 Å². The molecule has 0 aliphatic carbocycles. The number of benzene rings is 2. The van der Waals surface area contributed by atoms with Gasteiger partial charge in [-0.25, -0.2) is 5.84 Å². The first-order valence-electron chi connectivity index (χ1n) is 6.30. The second kappa shape index (κ2) is 5.26. The maximum Gasteiger partial charge on any atom is 0.265 e. The molecule has 1 aliphatic rings. The lowest BCUT2D eigenvalue weighted by molar-refractivity contribution is 0.0953. The molecule has 0 fully saturated rings. The largest absolute Gasteiger partial charge is 0.363 e. The van der Waals surface area contributed by atoms with Gasteiger partial charge in [-0.15, -0.1) is 0 Å². The first-order chi connectivity index (χ1) is 9.67. The number of nitrogens with one attached hydrogen (secondary N) is 1. The Kier molecular flexibility index (Phi) is 3.46. The highest BCUT2D eigenvalue weighted by atomic mass is 79.9. The van der Waals surface area contributed by atoms with Crippen molar-refractivity contribution in [2.75, 3.05) is 4.90 Å². The van der Waals surface area contributed by atoms with Crippen LogP contribution in [0.2, 0.25) is 0 Å². The molecule has 0 spiro atoms. The number of hydrogen-bond donors (Lipinski definition) is 2. The number of nitrogens with zero attached hydrogens (tertiary/aromatic N) is 1. The first-order valence-corrected chi connectivity index (χ1v) is 7.10. The lowest BCUT2D eigenvalue weighted by Gasteiger charge is -2.17. The van der Waals surface area contributed by atoms with Gasteiger partial charge < -0.3 is 4.90 Å². The molecule has 0 radical (unpaired) electrons. The van der Waals surface area contributed by atoms with Crippen LogP contribution in [0.5, 0.6) is 0 Å². The molecule has 3 rings (SSSR count). The zero-order valence-corrected chi connectivity index (χ0v) is 12.4. The number of carbonyl (C=O) groups excluding carboxylic acids is 1. The summed E-state index contributed by atoms with van der Waals surface area (Å²) in [6.07, 6.45) is 0. The van der Waals surface area contributed by atoms with Crippen LogP contribution in [0, 0.1) is 0 Å². The van der Waals surface area contributed by atoms with Crippen LogP contribution < -0.4 is 16.2 Å². The van der Waals surface area contributed by atoms with Crippen molar-refractivity contribution in [2.24, 2.45) is 5.84 Å². The van der Waals surface area contributed by atoms with Gasteiger partial charge in [0.1, 0.15) is 0 Å². The van der Waals surface area contributed by atoms with Crippen LogP contribution >= 0.6 is 15.9 Å². The topological polar surface area (TPSA) is 58.4 Å². The van der Waals surface area contributed by atoms with Crippen LogP contribution in [-0.2, 0) is 13.1 Å². The van der Waals surface area contributed by atoms with E-state index >= 15 is 0 Å². The summed E-state index contributed by atoms with van der Waals surface area (Å²) in [4.78, 5) is 13.8. The van der Waals surface area contributed by atoms with Crippen molar-refractivity contribution in [1.82, 2.24) is 5.43 Å². The molecule has 1 aliphatic heterocycles. The summed E-state index contributed by atoms with van der Waals surface area (Å²) in [5, 5.41) is 0. The third-order valence-corrected chi connectivity index (χ3v) is 3.99. The Morgan fingerprint density at radius 3 is 2.70 bits per heavy atom. The number of hydrazine groups is 1. The number of nitrogen functional groups attached to an aromatic ring is 1. The van der Waals surface area contributed by atoms with Crippen LogP contribution in [0.4, 0.5) is 5.69 Å². The quantitative estimate of drug-likeness (QED) is 0.505. The molecule has 0 saturated carbocycles. The average molecular weight is 332 g/mol. The fraction of sp³-hybridized carbons (Fsp3) is 0.133. The molecule has 5 heteroatoms. The molecule has 0 saturated heterocycles. The molecule has 2 aromatic carbocycles. The van der Waals surface area contributed by atoms with Crippen LogP contribution in [0.3, 0.4) is 0 Å². The molecule has 102 valence electrons. The SMILES string of the molecule is NNC(=O)c1ccc2c(c1)CN(c1cccc(Br)c1)C2. The summed E-state index contributed by atoms with van der Waals surface area (Å²) in [5.74, 6) is 4.91. The van der Waals surface area contributed by atoms with E-state index in [-0.39, 0.29) is 5.91 Å². The highest BCUT2D eigenvalue weighted by Crippen LogP contribution is 2.30. The van der Waals surface area contributed by atoms with Gasteiger partial charge in [0.2, 0.25) is 0 Å². The van der Waals surface area contributed by atoms with Crippen molar-refractivity contribution >= 4 is 27.5 Å². The molecule has 1 amide bonds. The fourth-order valence-corrected chi connectivity index (χ4v) is 2.86. The molecule has 0 atom stereocenters. The number of halogens is 1. The van der Waals surface area contributed by atoms with Gasteiger partial charge in [-0.2, -0.15) is 0 Å². The van der Waals surface area contributed by atoms with Crippen molar-refractivity contribution in [3.8, 4) is 0 Å². The minimum atomic E-state index is -0.256. The number of amides is 1. The van der Waals surface area contributed by atoms with Crippen molar-refractivity contribution in [2.45, 2.75) is 13.1 Å². The van der Waals surface area contributed by atoms with Crippen LogP contribution in [-0.4, -0.2) is 5.91 Å². The van der Waals surface area contributed by atoms with E-state index in [9.17, 15) is 4.79 Å². The summed E-state index contributed by atoms with van der Waals surface area (Å²) in [6, 6.07) is 13.9. The van der Waals surface area contributed by atoms with E-state index in [1.807, 2.05) is 30.3 Å². The maximum absolute atomic E-state index is 11.6. The van der Waals surface area contributed by atoms with Crippen molar-refractivity contribution < 1.29 is 4.79 Å². The van der Waals surface area contributed by atoms with Crippen LogP contribution in [0.15, 0.2) is 46.9 Å². The van der Waals surface area contributed by atoms with Gasteiger partial charge >= 0.3 is 0 Å². The summed E-state index contributed by atoms with van der Waals surface area (Å²) >= 11 is 3.49. The highest BCUT2D eigenvalue weighted by molar-refractivity contribution is 9.10. The van der Waals surface area contributed by atoms with Crippen LogP contribution in [0.1, 0.15) is 21.5 Å². The van der Waals surface area contributed by atoms with Crippen molar-refractivity contribution in [3.05, 3.63) is 63.6 Å². The van der Waals surface area contributed by atoms with Crippen molar-refractivity contribution in [1.29, 1.82) is 0 Å². The fourth-order valence-electron chi connectivity index (χ4n) is 2.47. The third-order valence-electron chi connectivity index (χ3n) is 3.50. The number of fused-ring (bicyclic) bond motifs is 1. The minimum absolute atomic E-state index is 0.256. The number of rotatable bonds is 2. The van der Waals surface area contributed by atoms with E-state index in [1.165, 1.54) is 16.8 Å². The molecule has 1 heterocycles. The molecular weight excluding hydrogens is 318 g/mol. The smallest absolute Gasteiger partial charge is 0.265 e. The van der Waals surface area contributed by atoms with Crippen LogP contribution in [0.25, 0.3) is 0 Å². The highest BCUT2D eigenvalue weighted by Gasteiger charge is 2.20. The normalized spacial score (nSPS) is 13.2. The lowest BCUT2D eigenvalue weighted by atomic mass is 10.1. The molecular formula is C15H14BrN3O. The Morgan fingerprint density at radius 2 is 1.95 bits per heavy atom. The van der Waals surface area contributed by atoms with E-state index in [0.29, 0.717) is 5.56 Å². The number of hydrogen-bond acceptors (Lipinski definition) is 3. The van der Waals surface area contributed by atoms with Gasteiger partial charge in [-0.05, 0) is 41.5 Å². The molecule has 0 unspecified atom stereocenters. The predicted octanol–water partition coefficient (Wildman–Crippen LogP) is 2.57. The van der Waals surface area contributed by atoms with E-state index in [0.717, 1.165) is 17.6 Å². The number of nitrogens with two attached hydrogens (primary N) is 1. The second-order valence-corrected chi connectivity index (χ2v) is 5.71. The van der Waals surface area contributed by atoms with E-state index in [4.69, 9.17) is 5.84 Å². The van der Waals surface area contributed by atoms with E-state index < -0.39 is 0 Å². The average Bonchev–Trinajstić information content (AvgIpc) is 2.89. The Morgan fingerprint density at radius 1 is 1.15 bits per heavy atom. The van der Waals surface area contributed by atoms with E-state index in [1.54, 1.807) is 0 Å². The van der Waals surface area contributed by atoms with Gasteiger partial charge in [-0.3, -0.25) is 10.2 Å². The van der Waals surface area contributed by atoms with Gasteiger partial charge in [-0.1, -0.05) is 28.1 Å². The third kappa shape index (κ3) is 2.42. The Bertz CT molecular complexity index is 672. The predicted molar refractivity (Wildman–Crippen MR) is 82.1 cm³/mol. The van der Waals surface area contributed by atoms with Gasteiger partial charge in [0.15, 0.2) is 0 Å². The summed E-state index contributed by atoms with van der Waals surface area (Å²) in [5.41, 5.74) is 6.35. The molecule has 0 bridgehead atoms. The summed E-state index contributed by atoms with van der Waals surface area (Å²) < 4.78 is 1.06. The Balaban J connectivity index is 1.87. The maximum atomic E-state index is 11.6. The molecule has 20 heavy (non-hydrogen) atoms. The molecule has 2 aromatic rings. The minimum Gasteiger partial charge on any atom is -0.363 e. The second-order valence-electron chi connectivity index (χ2n) is 4.79. The van der Waals surface area contributed by atoms with Gasteiger partial charge in [0, 0.05) is 28.8 Å². The number of carbonyl (C=O) groups is 1. The van der Waals surface area contributed by atoms with Gasteiger partial charge in [0.25, 0.3) is 5.91 Å². The molecule has 4 nitrogen and oxygen atoms in total. The Labute approximate surface area is 125 Å². The zero-order valence-electron chi connectivity index (χ0n) is 10.8. The Hall–Kier alpha value is -1.85. The lowest BCUT2D eigenvalue weighted by Crippen LogP contribution is -2.30. The number of anilines is 1. The molecule has 3 N–H and O–H groups in total. The first kappa shape index (κ1) is 13.1. The summed E-state index contributed by atoms with van der Waals surface area (Å²) in [6.45, 7) is 1.66. The molecule has 0 aromatic heterocycles. The van der Waals surface area contributed by atoms with Crippen molar-refractivity contribution in [3.63, 3.8) is 0 Å². The van der Waals surface area contributed by atoms with Gasteiger partial charge in [0.05, 0.1) is 0 Å². The zero-order chi connectivity index (χ0) is 14.1. The monoisotopic (exact) mass is 331 g/mol.